The lowest BCUT2D eigenvalue weighted by molar-refractivity contribution is -0.144. The third-order valence-electron chi connectivity index (χ3n) is 2.80. The van der Waals surface area contributed by atoms with Crippen molar-refractivity contribution >= 4 is 24.3 Å². The van der Waals surface area contributed by atoms with Crippen molar-refractivity contribution in [3.8, 4) is 0 Å². The van der Waals surface area contributed by atoms with Gasteiger partial charge in [-0.3, -0.25) is 14.3 Å². The molecule has 1 heterocycles. The minimum absolute atomic E-state index is 0. The van der Waals surface area contributed by atoms with E-state index in [9.17, 15) is 9.59 Å². The molecule has 0 radical (unpaired) electrons. The lowest BCUT2D eigenvalue weighted by Gasteiger charge is -2.16. The summed E-state index contributed by atoms with van der Waals surface area (Å²) >= 11 is 0. The zero-order chi connectivity index (χ0) is 14.4. The molecule has 1 amide bonds. The Hall–Kier alpha value is -1.60. The predicted molar refractivity (Wildman–Crippen MR) is 76.4 cm³/mol. The number of aromatic nitrogens is 2. The van der Waals surface area contributed by atoms with Crippen LogP contribution in [0.5, 0.6) is 0 Å². The summed E-state index contributed by atoms with van der Waals surface area (Å²) in [5.74, 6) is -0.922. The average molecular weight is 305 g/mol. The van der Waals surface area contributed by atoms with Gasteiger partial charge in [-0.1, -0.05) is 6.92 Å². The first-order valence-electron chi connectivity index (χ1n) is 6.01. The van der Waals surface area contributed by atoms with E-state index in [0.717, 1.165) is 5.56 Å². The number of nitrogens with one attached hydrogen (secondary N) is 2. The second-order valence-corrected chi connectivity index (χ2v) is 4.34. The Morgan fingerprint density at radius 1 is 1.50 bits per heavy atom. The van der Waals surface area contributed by atoms with Crippen molar-refractivity contribution < 1.29 is 14.3 Å². The number of carbonyl (C=O) groups is 2. The van der Waals surface area contributed by atoms with Crippen molar-refractivity contribution in [3.63, 3.8) is 0 Å². The van der Waals surface area contributed by atoms with Crippen molar-refractivity contribution in [3.05, 3.63) is 18.0 Å². The summed E-state index contributed by atoms with van der Waals surface area (Å²) in [6.45, 7) is 1.94. The molecule has 0 saturated heterocycles. The first-order valence-corrected chi connectivity index (χ1v) is 6.01. The maximum atomic E-state index is 12.0. The van der Waals surface area contributed by atoms with Gasteiger partial charge in [-0.25, -0.2) is 0 Å². The number of halogens is 1. The number of esters is 1. The number of aryl methyl sites for hydroxylation is 1. The van der Waals surface area contributed by atoms with E-state index in [4.69, 9.17) is 0 Å². The molecule has 1 rings (SSSR count). The molecule has 0 spiro atoms. The molecule has 0 fully saturated rings. The van der Waals surface area contributed by atoms with Crippen LogP contribution in [0.2, 0.25) is 0 Å². The molecule has 0 aliphatic heterocycles. The van der Waals surface area contributed by atoms with Gasteiger partial charge in [-0.2, -0.15) is 5.10 Å². The van der Waals surface area contributed by atoms with Crippen LogP contribution < -0.4 is 10.6 Å². The highest BCUT2D eigenvalue weighted by molar-refractivity contribution is 5.85. The molecule has 114 valence electrons. The third kappa shape index (κ3) is 4.82. The van der Waals surface area contributed by atoms with Gasteiger partial charge >= 0.3 is 5.97 Å². The van der Waals surface area contributed by atoms with Crippen LogP contribution in [0.4, 0.5) is 0 Å². The maximum Gasteiger partial charge on any atom is 0.310 e. The third-order valence-corrected chi connectivity index (χ3v) is 2.80. The number of ether oxygens (including phenoxy) is 1. The number of amides is 1. The van der Waals surface area contributed by atoms with Gasteiger partial charge in [0, 0.05) is 25.4 Å². The SMILES string of the molecule is CNC(C(=O)NCC(C)C(=O)OC)c1cnn(C)c1.Cl. The molecule has 2 atom stereocenters. The van der Waals surface area contributed by atoms with Crippen LogP contribution in [0.1, 0.15) is 18.5 Å². The average Bonchev–Trinajstić information content (AvgIpc) is 2.82. The first kappa shape index (κ1) is 18.4. The second-order valence-electron chi connectivity index (χ2n) is 4.34. The van der Waals surface area contributed by atoms with Crippen molar-refractivity contribution in [2.45, 2.75) is 13.0 Å². The Labute approximate surface area is 124 Å². The van der Waals surface area contributed by atoms with Crippen LogP contribution in [0.3, 0.4) is 0 Å². The highest BCUT2D eigenvalue weighted by atomic mass is 35.5. The Bertz CT molecular complexity index is 450. The van der Waals surface area contributed by atoms with Gasteiger partial charge < -0.3 is 15.4 Å². The van der Waals surface area contributed by atoms with E-state index in [1.807, 2.05) is 0 Å². The Morgan fingerprint density at radius 3 is 2.60 bits per heavy atom. The predicted octanol–water partition coefficient (Wildman–Crippen LogP) is 0.0277. The van der Waals surface area contributed by atoms with E-state index in [2.05, 4.69) is 20.5 Å². The van der Waals surface area contributed by atoms with Crippen LogP contribution in [0.15, 0.2) is 12.4 Å². The highest BCUT2D eigenvalue weighted by Gasteiger charge is 2.21. The zero-order valence-electron chi connectivity index (χ0n) is 12.0. The molecule has 0 bridgehead atoms. The number of hydrogen-bond donors (Lipinski definition) is 2. The molecule has 7 nitrogen and oxygen atoms in total. The summed E-state index contributed by atoms with van der Waals surface area (Å²) in [7, 11) is 4.81. The molecule has 1 aromatic rings. The summed E-state index contributed by atoms with van der Waals surface area (Å²) in [6.07, 6.45) is 3.40. The van der Waals surface area contributed by atoms with Crippen molar-refractivity contribution in [1.82, 2.24) is 20.4 Å². The number of nitrogens with zero attached hydrogens (tertiary/aromatic N) is 2. The molecule has 8 heteroatoms. The molecule has 1 aromatic heterocycles. The van der Waals surface area contributed by atoms with E-state index in [1.165, 1.54) is 7.11 Å². The molecule has 0 aliphatic rings. The van der Waals surface area contributed by atoms with Crippen LogP contribution >= 0.6 is 12.4 Å². The van der Waals surface area contributed by atoms with Crippen molar-refractivity contribution in [2.24, 2.45) is 13.0 Å². The van der Waals surface area contributed by atoms with Gasteiger partial charge in [-0.05, 0) is 7.05 Å². The molecule has 0 aliphatic carbocycles. The van der Waals surface area contributed by atoms with E-state index in [0.29, 0.717) is 0 Å². The Morgan fingerprint density at radius 2 is 2.15 bits per heavy atom. The first-order chi connectivity index (χ1) is 8.99. The topological polar surface area (TPSA) is 85.2 Å². The molecular formula is C12H21ClN4O3. The second kappa shape index (κ2) is 8.55. The monoisotopic (exact) mass is 304 g/mol. The summed E-state index contributed by atoms with van der Waals surface area (Å²) < 4.78 is 6.23. The fraction of sp³-hybridized carbons (Fsp3) is 0.583. The fourth-order valence-corrected chi connectivity index (χ4v) is 1.68. The van der Waals surface area contributed by atoms with E-state index < -0.39 is 6.04 Å². The fourth-order valence-electron chi connectivity index (χ4n) is 1.68. The normalized spacial score (nSPS) is 13.0. The van der Waals surface area contributed by atoms with Crippen LogP contribution in [-0.4, -0.2) is 42.4 Å². The molecule has 0 saturated carbocycles. The molecule has 20 heavy (non-hydrogen) atoms. The minimum Gasteiger partial charge on any atom is -0.469 e. The lowest BCUT2D eigenvalue weighted by Crippen LogP contribution is -2.39. The Kier molecular flexibility index (Phi) is 7.86. The molecule has 2 unspecified atom stereocenters. The van der Waals surface area contributed by atoms with Gasteiger partial charge in [0.2, 0.25) is 5.91 Å². The van der Waals surface area contributed by atoms with Crippen molar-refractivity contribution in [2.75, 3.05) is 20.7 Å². The van der Waals surface area contributed by atoms with Gasteiger partial charge in [0.25, 0.3) is 0 Å². The van der Waals surface area contributed by atoms with Gasteiger partial charge in [-0.15, -0.1) is 12.4 Å². The van der Waals surface area contributed by atoms with Crippen LogP contribution in [0.25, 0.3) is 0 Å². The quantitative estimate of drug-likeness (QED) is 0.724. The van der Waals surface area contributed by atoms with Gasteiger partial charge in [0.05, 0.1) is 19.2 Å². The van der Waals surface area contributed by atoms with E-state index in [1.54, 1.807) is 38.1 Å². The lowest BCUT2D eigenvalue weighted by atomic mass is 10.1. The Balaban J connectivity index is 0.00000361. The number of carbonyl (C=O) groups excluding carboxylic acids is 2. The van der Waals surface area contributed by atoms with Crippen LogP contribution in [-0.2, 0) is 21.4 Å². The number of likely N-dealkylation sites (N-methyl/N-ethyl adjacent to an activating group) is 1. The van der Waals surface area contributed by atoms with E-state index >= 15 is 0 Å². The van der Waals surface area contributed by atoms with E-state index in [-0.39, 0.29) is 36.7 Å². The smallest absolute Gasteiger partial charge is 0.310 e. The standard InChI is InChI=1S/C12H20N4O3.ClH/c1-8(12(18)19-4)5-14-11(17)10(13-2)9-6-15-16(3)7-9;/h6-8,10,13H,5H2,1-4H3,(H,14,17);1H. The van der Waals surface area contributed by atoms with Crippen molar-refractivity contribution in [1.29, 1.82) is 0 Å². The molecule has 2 N–H and O–H groups in total. The number of rotatable bonds is 6. The molecule has 0 aromatic carbocycles. The summed E-state index contributed by atoms with van der Waals surface area (Å²) in [4.78, 5) is 23.3. The van der Waals surface area contributed by atoms with Crippen LogP contribution in [0, 0.1) is 5.92 Å². The van der Waals surface area contributed by atoms with Gasteiger partial charge in [0.15, 0.2) is 0 Å². The minimum atomic E-state index is -0.487. The largest absolute Gasteiger partial charge is 0.469 e. The summed E-state index contributed by atoms with van der Waals surface area (Å²) in [5.41, 5.74) is 0.772. The van der Waals surface area contributed by atoms with Gasteiger partial charge in [0.1, 0.15) is 6.04 Å². The maximum absolute atomic E-state index is 12.0. The number of hydrogen-bond acceptors (Lipinski definition) is 5. The zero-order valence-corrected chi connectivity index (χ0v) is 12.9. The summed E-state index contributed by atoms with van der Waals surface area (Å²) in [6, 6.07) is -0.487. The highest BCUT2D eigenvalue weighted by Crippen LogP contribution is 2.11. The molecular weight excluding hydrogens is 284 g/mol. The number of methoxy groups -OCH3 is 1. The summed E-state index contributed by atoms with van der Waals surface area (Å²) in [5, 5.41) is 9.66.